The maximum absolute atomic E-state index is 12.3. The average Bonchev–Trinajstić information content (AvgIpc) is 2.98. The minimum atomic E-state index is -0.587. The highest BCUT2D eigenvalue weighted by atomic mass is 16.5. The molecule has 0 fully saturated rings. The Morgan fingerprint density at radius 1 is 1.26 bits per heavy atom. The summed E-state index contributed by atoms with van der Waals surface area (Å²) in [6, 6.07) is 17.1. The molecule has 1 aliphatic carbocycles. The van der Waals surface area contributed by atoms with Gasteiger partial charge in [0.2, 0.25) is 0 Å². The highest BCUT2D eigenvalue weighted by Gasteiger charge is 2.25. The Kier molecular flexibility index (Phi) is 4.29. The van der Waals surface area contributed by atoms with Crippen LogP contribution in [0.1, 0.15) is 36.1 Å². The monoisotopic (exact) mass is 306 g/mol. The fourth-order valence-electron chi connectivity index (χ4n) is 2.86. The maximum atomic E-state index is 12.3. The van der Waals surface area contributed by atoms with Crippen LogP contribution in [0.15, 0.2) is 48.5 Å². The molecule has 4 nitrogen and oxygen atoms in total. The third kappa shape index (κ3) is 3.35. The van der Waals surface area contributed by atoms with Crippen LogP contribution in [0.4, 0.5) is 0 Å². The largest absolute Gasteiger partial charge is 0.481 e. The Bertz CT molecular complexity index is 747. The molecule has 2 atom stereocenters. The predicted molar refractivity (Wildman–Crippen MR) is 86.9 cm³/mol. The summed E-state index contributed by atoms with van der Waals surface area (Å²) < 4.78 is 5.65. The quantitative estimate of drug-likeness (QED) is 0.944. The van der Waals surface area contributed by atoms with Gasteiger partial charge in [-0.15, -0.1) is 0 Å². The smallest absolute Gasteiger partial charge is 0.261 e. The second kappa shape index (κ2) is 6.53. The number of rotatable bonds is 4. The average molecular weight is 306 g/mol. The lowest BCUT2D eigenvalue weighted by atomic mass is 10.1. The van der Waals surface area contributed by atoms with Crippen molar-refractivity contribution in [2.24, 2.45) is 0 Å². The number of nitrogens with zero attached hydrogens (tertiary/aromatic N) is 1. The number of aryl methyl sites for hydroxylation is 1. The van der Waals surface area contributed by atoms with Crippen LogP contribution in [0.5, 0.6) is 5.75 Å². The molecule has 0 saturated heterocycles. The van der Waals surface area contributed by atoms with Crippen molar-refractivity contribution >= 4 is 5.91 Å². The van der Waals surface area contributed by atoms with Gasteiger partial charge >= 0.3 is 0 Å². The number of amides is 1. The van der Waals surface area contributed by atoms with Crippen molar-refractivity contribution in [3.8, 4) is 11.8 Å². The van der Waals surface area contributed by atoms with Crippen molar-refractivity contribution in [3.63, 3.8) is 0 Å². The Morgan fingerprint density at radius 3 is 2.74 bits per heavy atom. The Morgan fingerprint density at radius 2 is 2.00 bits per heavy atom. The van der Waals surface area contributed by atoms with Crippen molar-refractivity contribution in [1.29, 1.82) is 5.26 Å². The molecule has 3 rings (SSSR count). The lowest BCUT2D eigenvalue weighted by molar-refractivity contribution is -0.128. The van der Waals surface area contributed by atoms with Crippen LogP contribution in [0.2, 0.25) is 0 Å². The van der Waals surface area contributed by atoms with Gasteiger partial charge < -0.3 is 10.1 Å². The van der Waals surface area contributed by atoms with Gasteiger partial charge in [0, 0.05) is 0 Å². The number of benzene rings is 2. The Labute approximate surface area is 135 Å². The molecule has 1 aliphatic rings. The lowest BCUT2D eigenvalue weighted by Crippen LogP contribution is -2.38. The van der Waals surface area contributed by atoms with Crippen LogP contribution >= 0.6 is 0 Å². The zero-order chi connectivity index (χ0) is 16.2. The minimum absolute atomic E-state index is 0.0608. The van der Waals surface area contributed by atoms with Gasteiger partial charge in [-0.25, -0.2) is 0 Å². The number of fused-ring (bicyclic) bond motifs is 1. The summed E-state index contributed by atoms with van der Waals surface area (Å²) >= 11 is 0. The van der Waals surface area contributed by atoms with Crippen molar-refractivity contribution in [2.75, 3.05) is 0 Å². The SMILES string of the molecule is CC(Oc1ccc(C#N)cc1)C(=O)NC1CCc2ccccc21. The zero-order valence-corrected chi connectivity index (χ0v) is 13.0. The van der Waals surface area contributed by atoms with Crippen molar-refractivity contribution in [2.45, 2.75) is 31.9 Å². The summed E-state index contributed by atoms with van der Waals surface area (Å²) in [4.78, 5) is 12.3. The number of hydrogen-bond donors (Lipinski definition) is 1. The van der Waals surface area contributed by atoms with Gasteiger partial charge in [0.1, 0.15) is 5.75 Å². The van der Waals surface area contributed by atoms with E-state index in [0.29, 0.717) is 11.3 Å². The van der Waals surface area contributed by atoms with E-state index < -0.39 is 6.10 Å². The van der Waals surface area contributed by atoms with Crippen LogP contribution < -0.4 is 10.1 Å². The molecule has 0 bridgehead atoms. The lowest BCUT2D eigenvalue weighted by Gasteiger charge is -2.19. The third-order valence-electron chi connectivity index (χ3n) is 4.11. The molecule has 116 valence electrons. The van der Waals surface area contributed by atoms with E-state index in [1.807, 2.05) is 12.1 Å². The molecule has 0 saturated carbocycles. The molecule has 23 heavy (non-hydrogen) atoms. The van der Waals surface area contributed by atoms with E-state index in [1.54, 1.807) is 31.2 Å². The van der Waals surface area contributed by atoms with E-state index in [9.17, 15) is 4.79 Å². The van der Waals surface area contributed by atoms with Crippen LogP contribution in [0.3, 0.4) is 0 Å². The molecule has 1 amide bonds. The van der Waals surface area contributed by atoms with Crippen LogP contribution in [0.25, 0.3) is 0 Å². The summed E-state index contributed by atoms with van der Waals surface area (Å²) in [6.45, 7) is 1.73. The van der Waals surface area contributed by atoms with E-state index in [1.165, 1.54) is 11.1 Å². The predicted octanol–water partition coefficient (Wildman–Crippen LogP) is 3.13. The van der Waals surface area contributed by atoms with E-state index in [4.69, 9.17) is 10.00 Å². The van der Waals surface area contributed by atoms with E-state index in [0.717, 1.165) is 12.8 Å². The van der Waals surface area contributed by atoms with Gasteiger partial charge in [-0.1, -0.05) is 24.3 Å². The van der Waals surface area contributed by atoms with Crippen molar-refractivity contribution < 1.29 is 9.53 Å². The summed E-state index contributed by atoms with van der Waals surface area (Å²) in [7, 11) is 0. The summed E-state index contributed by atoms with van der Waals surface area (Å²) in [5, 5.41) is 11.8. The number of carbonyl (C=O) groups excluding carboxylic acids is 1. The molecule has 0 spiro atoms. The second-order valence-corrected chi connectivity index (χ2v) is 5.69. The minimum Gasteiger partial charge on any atom is -0.481 e. The maximum Gasteiger partial charge on any atom is 0.261 e. The first kappa shape index (κ1) is 15.1. The zero-order valence-electron chi connectivity index (χ0n) is 13.0. The van der Waals surface area contributed by atoms with Gasteiger partial charge in [0.15, 0.2) is 6.10 Å². The van der Waals surface area contributed by atoms with Gasteiger partial charge in [0.05, 0.1) is 17.7 Å². The molecule has 4 heteroatoms. The molecule has 0 radical (unpaired) electrons. The molecule has 2 aromatic carbocycles. The summed E-state index contributed by atoms with van der Waals surface area (Å²) in [5.74, 6) is 0.453. The first-order chi connectivity index (χ1) is 11.2. The van der Waals surface area contributed by atoms with Gasteiger partial charge in [-0.3, -0.25) is 4.79 Å². The van der Waals surface area contributed by atoms with E-state index in [2.05, 4.69) is 23.5 Å². The van der Waals surface area contributed by atoms with Crippen molar-refractivity contribution in [3.05, 3.63) is 65.2 Å². The molecule has 2 aromatic rings. The molecular weight excluding hydrogens is 288 g/mol. The molecule has 2 unspecified atom stereocenters. The van der Waals surface area contributed by atoms with Gasteiger partial charge in [-0.2, -0.15) is 5.26 Å². The van der Waals surface area contributed by atoms with Crippen molar-refractivity contribution in [1.82, 2.24) is 5.32 Å². The van der Waals surface area contributed by atoms with E-state index >= 15 is 0 Å². The number of hydrogen-bond acceptors (Lipinski definition) is 3. The second-order valence-electron chi connectivity index (χ2n) is 5.69. The fourth-order valence-corrected chi connectivity index (χ4v) is 2.86. The van der Waals surface area contributed by atoms with Crippen LogP contribution in [-0.2, 0) is 11.2 Å². The van der Waals surface area contributed by atoms with Gasteiger partial charge in [-0.05, 0) is 55.2 Å². The van der Waals surface area contributed by atoms with Gasteiger partial charge in [0.25, 0.3) is 5.91 Å². The Hall–Kier alpha value is -2.80. The molecular formula is C19H18N2O2. The standard InChI is InChI=1S/C19H18N2O2/c1-13(23-16-9-6-14(12-20)7-10-16)19(22)21-18-11-8-15-4-2-3-5-17(15)18/h2-7,9-10,13,18H,8,11H2,1H3,(H,21,22). The summed E-state index contributed by atoms with van der Waals surface area (Å²) in [6.07, 6.45) is 1.33. The number of carbonyl (C=O) groups is 1. The highest BCUT2D eigenvalue weighted by molar-refractivity contribution is 5.81. The molecule has 0 aromatic heterocycles. The van der Waals surface area contributed by atoms with E-state index in [-0.39, 0.29) is 11.9 Å². The number of nitriles is 1. The topological polar surface area (TPSA) is 62.1 Å². The normalized spacial score (nSPS) is 17.0. The highest BCUT2D eigenvalue weighted by Crippen LogP contribution is 2.30. The Balaban J connectivity index is 1.61. The first-order valence-electron chi connectivity index (χ1n) is 7.72. The summed E-state index contributed by atoms with van der Waals surface area (Å²) in [5.41, 5.74) is 3.07. The molecule has 0 heterocycles. The number of ether oxygens (including phenoxy) is 1. The third-order valence-corrected chi connectivity index (χ3v) is 4.11. The molecule has 0 aliphatic heterocycles. The first-order valence-corrected chi connectivity index (χ1v) is 7.72. The fraction of sp³-hybridized carbons (Fsp3) is 0.263. The van der Waals surface area contributed by atoms with Crippen LogP contribution in [-0.4, -0.2) is 12.0 Å². The van der Waals surface area contributed by atoms with Crippen LogP contribution in [0, 0.1) is 11.3 Å². The number of nitrogens with one attached hydrogen (secondary N) is 1. The molecule has 1 N–H and O–H groups in total.